The molecule has 2 aromatic carbocycles. The van der Waals surface area contributed by atoms with Crippen LogP contribution in [-0.4, -0.2) is 13.5 Å². The van der Waals surface area contributed by atoms with E-state index in [-0.39, 0.29) is 28.1 Å². The summed E-state index contributed by atoms with van der Waals surface area (Å²) in [5.74, 6) is 0. The first-order valence-corrected chi connectivity index (χ1v) is 8.30. The minimum atomic E-state index is -3.78. The van der Waals surface area contributed by atoms with Crippen molar-refractivity contribution in [3.63, 3.8) is 0 Å². The van der Waals surface area contributed by atoms with Crippen LogP contribution in [0.5, 0.6) is 0 Å². The maximum atomic E-state index is 12.3. The highest BCUT2D eigenvalue weighted by Gasteiger charge is 2.18. The SMILES string of the molecule is O=S(=O)(NCc1ccccc1CO)c1cc(Cl)ccc1Cl. The van der Waals surface area contributed by atoms with Crippen molar-refractivity contribution < 1.29 is 13.5 Å². The number of aliphatic hydroxyl groups excluding tert-OH is 1. The van der Waals surface area contributed by atoms with Crippen LogP contribution in [-0.2, 0) is 23.2 Å². The molecule has 0 bridgehead atoms. The molecule has 0 aliphatic carbocycles. The molecule has 112 valence electrons. The van der Waals surface area contributed by atoms with Gasteiger partial charge in [0.25, 0.3) is 0 Å². The zero-order valence-electron chi connectivity index (χ0n) is 10.9. The maximum Gasteiger partial charge on any atom is 0.242 e. The number of benzene rings is 2. The van der Waals surface area contributed by atoms with E-state index >= 15 is 0 Å². The van der Waals surface area contributed by atoms with Crippen LogP contribution in [0.2, 0.25) is 10.0 Å². The van der Waals surface area contributed by atoms with Crippen LogP contribution in [0, 0.1) is 0 Å². The normalized spacial score (nSPS) is 11.6. The van der Waals surface area contributed by atoms with Crippen LogP contribution in [0.25, 0.3) is 0 Å². The summed E-state index contributed by atoms with van der Waals surface area (Å²) in [6.07, 6.45) is 0. The molecule has 0 aliphatic heterocycles. The van der Waals surface area contributed by atoms with E-state index in [2.05, 4.69) is 4.72 Å². The molecule has 0 saturated heterocycles. The van der Waals surface area contributed by atoms with Crippen molar-refractivity contribution in [1.29, 1.82) is 0 Å². The Morgan fingerprint density at radius 1 is 1.05 bits per heavy atom. The predicted molar refractivity (Wildman–Crippen MR) is 82.9 cm³/mol. The second-order valence-electron chi connectivity index (χ2n) is 4.33. The summed E-state index contributed by atoms with van der Waals surface area (Å²) in [6.45, 7) is -0.0995. The van der Waals surface area contributed by atoms with Gasteiger partial charge in [-0.2, -0.15) is 0 Å². The third-order valence-corrected chi connectivity index (χ3v) is 5.04. The lowest BCUT2D eigenvalue weighted by molar-refractivity contribution is 0.280. The van der Waals surface area contributed by atoms with Crippen LogP contribution >= 0.6 is 23.2 Å². The van der Waals surface area contributed by atoms with Crippen LogP contribution in [0.4, 0.5) is 0 Å². The van der Waals surface area contributed by atoms with E-state index < -0.39 is 10.0 Å². The standard InChI is InChI=1S/C14H13Cl2NO3S/c15-12-5-6-13(16)14(7-12)21(19,20)17-8-10-3-1-2-4-11(10)9-18/h1-7,17-18H,8-9H2. The topological polar surface area (TPSA) is 66.4 Å². The summed E-state index contributed by atoms with van der Waals surface area (Å²) >= 11 is 11.7. The van der Waals surface area contributed by atoms with E-state index in [1.165, 1.54) is 18.2 Å². The van der Waals surface area contributed by atoms with E-state index in [1.807, 2.05) is 0 Å². The van der Waals surface area contributed by atoms with E-state index in [9.17, 15) is 13.5 Å². The molecule has 0 aromatic heterocycles. The second kappa shape index (κ2) is 6.77. The fourth-order valence-electron chi connectivity index (χ4n) is 1.82. The van der Waals surface area contributed by atoms with Crippen molar-refractivity contribution in [3.05, 3.63) is 63.6 Å². The number of aliphatic hydroxyl groups is 1. The molecule has 0 spiro atoms. The van der Waals surface area contributed by atoms with Crippen molar-refractivity contribution in [1.82, 2.24) is 4.72 Å². The average Bonchev–Trinajstić information content (AvgIpc) is 2.48. The molecule has 21 heavy (non-hydrogen) atoms. The lowest BCUT2D eigenvalue weighted by Crippen LogP contribution is -2.24. The Kier molecular flexibility index (Phi) is 5.24. The van der Waals surface area contributed by atoms with Crippen molar-refractivity contribution in [2.45, 2.75) is 18.0 Å². The van der Waals surface area contributed by atoms with Gasteiger partial charge in [0, 0.05) is 11.6 Å². The largest absolute Gasteiger partial charge is 0.392 e. The number of hydrogen-bond donors (Lipinski definition) is 2. The molecule has 0 unspecified atom stereocenters. The quantitative estimate of drug-likeness (QED) is 0.875. The first kappa shape index (κ1) is 16.3. The minimum absolute atomic E-state index is 0.0574. The number of sulfonamides is 1. The molecule has 0 atom stereocenters. The van der Waals surface area contributed by atoms with E-state index in [0.29, 0.717) is 11.1 Å². The van der Waals surface area contributed by atoms with Crippen LogP contribution in [0.15, 0.2) is 47.4 Å². The Bertz CT molecular complexity index is 748. The lowest BCUT2D eigenvalue weighted by Gasteiger charge is -2.11. The average molecular weight is 346 g/mol. The van der Waals surface area contributed by atoms with Gasteiger partial charge in [0.1, 0.15) is 4.90 Å². The van der Waals surface area contributed by atoms with Gasteiger partial charge in [0.05, 0.1) is 11.6 Å². The van der Waals surface area contributed by atoms with E-state index in [4.69, 9.17) is 23.2 Å². The second-order valence-corrected chi connectivity index (χ2v) is 6.91. The van der Waals surface area contributed by atoms with E-state index in [0.717, 1.165) is 0 Å². The third-order valence-electron chi connectivity index (χ3n) is 2.92. The Balaban J connectivity index is 2.24. The van der Waals surface area contributed by atoms with Crippen LogP contribution in [0.1, 0.15) is 11.1 Å². The Labute approximate surface area is 133 Å². The summed E-state index contributed by atoms with van der Waals surface area (Å²) in [5, 5.41) is 9.62. The molecule has 2 rings (SSSR count). The van der Waals surface area contributed by atoms with Crippen molar-refractivity contribution in [3.8, 4) is 0 Å². The molecular formula is C14H13Cl2NO3S. The van der Waals surface area contributed by atoms with Gasteiger partial charge in [0.2, 0.25) is 10.0 Å². The Morgan fingerprint density at radius 3 is 2.38 bits per heavy atom. The van der Waals surface area contributed by atoms with Crippen LogP contribution in [0.3, 0.4) is 0 Å². The van der Waals surface area contributed by atoms with Gasteiger partial charge < -0.3 is 5.11 Å². The van der Waals surface area contributed by atoms with Gasteiger partial charge in [-0.05, 0) is 29.3 Å². The zero-order chi connectivity index (χ0) is 15.5. The monoisotopic (exact) mass is 345 g/mol. The molecule has 0 radical (unpaired) electrons. The number of rotatable bonds is 5. The van der Waals surface area contributed by atoms with Gasteiger partial charge in [-0.1, -0.05) is 47.5 Å². The summed E-state index contributed by atoms with van der Waals surface area (Å²) in [6, 6.07) is 11.3. The van der Waals surface area contributed by atoms with Gasteiger partial charge in [-0.25, -0.2) is 13.1 Å². The summed E-state index contributed by atoms with van der Waals surface area (Å²) in [4.78, 5) is -0.0712. The Morgan fingerprint density at radius 2 is 1.71 bits per heavy atom. The van der Waals surface area contributed by atoms with Crippen molar-refractivity contribution in [2.24, 2.45) is 0 Å². The van der Waals surface area contributed by atoms with Crippen LogP contribution < -0.4 is 4.72 Å². The molecule has 0 saturated carbocycles. The molecule has 0 heterocycles. The molecule has 4 nitrogen and oxygen atoms in total. The summed E-state index contributed by atoms with van der Waals surface area (Å²) in [7, 11) is -3.78. The lowest BCUT2D eigenvalue weighted by atomic mass is 10.1. The zero-order valence-corrected chi connectivity index (χ0v) is 13.2. The van der Waals surface area contributed by atoms with Gasteiger partial charge in [0.15, 0.2) is 0 Å². The summed E-state index contributed by atoms with van der Waals surface area (Å²) < 4.78 is 27.0. The molecule has 7 heteroatoms. The number of nitrogens with one attached hydrogen (secondary N) is 1. The highest BCUT2D eigenvalue weighted by molar-refractivity contribution is 7.89. The van der Waals surface area contributed by atoms with E-state index in [1.54, 1.807) is 24.3 Å². The minimum Gasteiger partial charge on any atom is -0.392 e. The molecule has 0 aliphatic rings. The molecule has 0 amide bonds. The first-order valence-electron chi connectivity index (χ1n) is 6.06. The molecule has 2 N–H and O–H groups in total. The van der Waals surface area contributed by atoms with Crippen molar-refractivity contribution in [2.75, 3.05) is 0 Å². The Hall–Kier alpha value is -1.11. The molecular weight excluding hydrogens is 333 g/mol. The first-order chi connectivity index (χ1) is 9.94. The van der Waals surface area contributed by atoms with Crippen molar-refractivity contribution >= 4 is 33.2 Å². The maximum absolute atomic E-state index is 12.3. The highest BCUT2D eigenvalue weighted by atomic mass is 35.5. The third kappa shape index (κ3) is 3.96. The molecule has 2 aromatic rings. The molecule has 0 fully saturated rings. The summed E-state index contributed by atoms with van der Waals surface area (Å²) in [5.41, 5.74) is 1.36. The number of halogens is 2. The fourth-order valence-corrected chi connectivity index (χ4v) is 3.58. The smallest absolute Gasteiger partial charge is 0.242 e. The van der Waals surface area contributed by atoms with Gasteiger partial charge in [-0.3, -0.25) is 0 Å². The van der Waals surface area contributed by atoms with Gasteiger partial charge in [-0.15, -0.1) is 0 Å². The fraction of sp³-hybridized carbons (Fsp3) is 0.143. The number of hydrogen-bond acceptors (Lipinski definition) is 3. The predicted octanol–water partition coefficient (Wildman–Crippen LogP) is 2.96. The highest BCUT2D eigenvalue weighted by Crippen LogP contribution is 2.25. The van der Waals surface area contributed by atoms with Gasteiger partial charge >= 0.3 is 0 Å².